The van der Waals surface area contributed by atoms with Crippen LogP contribution in [0.2, 0.25) is 0 Å². The number of pyridine rings is 1. The summed E-state index contributed by atoms with van der Waals surface area (Å²) in [5.74, 6) is -0.364. The van der Waals surface area contributed by atoms with Crippen LogP contribution in [0.5, 0.6) is 11.5 Å². The number of aromatic nitrogens is 1. The van der Waals surface area contributed by atoms with E-state index < -0.39 is 11.9 Å². The minimum Gasteiger partial charge on any atom is -0.493 e. The third kappa shape index (κ3) is 5.41. The number of hydrazone groups is 1. The van der Waals surface area contributed by atoms with Crippen LogP contribution in [0.4, 0.5) is 0 Å². The number of aromatic carboxylic acids is 1. The van der Waals surface area contributed by atoms with Crippen molar-refractivity contribution < 1.29 is 24.2 Å². The lowest BCUT2D eigenvalue weighted by molar-refractivity contribution is 0.0696. The third-order valence-electron chi connectivity index (χ3n) is 4.06. The highest BCUT2D eigenvalue weighted by Crippen LogP contribution is 2.28. The number of hydrogen-bond acceptors (Lipinski definition) is 6. The Kier molecular flexibility index (Phi) is 6.73. The molecule has 0 bridgehead atoms. The summed E-state index contributed by atoms with van der Waals surface area (Å²) in [5, 5.41) is 12.9. The molecule has 0 aliphatic rings. The number of carboxylic acid groups (broad SMARTS) is 1. The number of nitrogens with zero attached hydrogens (tertiary/aromatic N) is 2. The number of hydrogen-bond donors (Lipinski definition) is 2. The minimum absolute atomic E-state index is 0.218. The molecule has 0 atom stereocenters. The highest BCUT2D eigenvalue weighted by Gasteiger charge is 2.08. The topological polar surface area (TPSA) is 110 Å². The molecule has 0 aliphatic carbocycles. The molecule has 3 aromatic rings. The minimum atomic E-state index is -0.974. The molecule has 0 saturated carbocycles. The second-order valence-electron chi connectivity index (χ2n) is 6.12. The first kappa shape index (κ1) is 20.5. The number of ether oxygens (including phenoxy) is 2. The first-order chi connectivity index (χ1) is 14.6. The van der Waals surface area contributed by atoms with Gasteiger partial charge in [0, 0.05) is 6.20 Å². The molecule has 0 aliphatic heterocycles. The van der Waals surface area contributed by atoms with Gasteiger partial charge in [-0.2, -0.15) is 5.10 Å². The first-order valence-corrected chi connectivity index (χ1v) is 8.94. The number of amides is 1. The van der Waals surface area contributed by atoms with E-state index in [9.17, 15) is 9.59 Å². The average Bonchev–Trinajstić information content (AvgIpc) is 2.78. The van der Waals surface area contributed by atoms with Crippen LogP contribution < -0.4 is 14.9 Å². The zero-order valence-electron chi connectivity index (χ0n) is 16.1. The monoisotopic (exact) mass is 405 g/mol. The number of methoxy groups -OCH3 is 1. The van der Waals surface area contributed by atoms with Crippen LogP contribution in [0.25, 0.3) is 0 Å². The molecule has 0 fully saturated rings. The fraction of sp³-hybridized carbons (Fsp3) is 0.0909. The van der Waals surface area contributed by atoms with E-state index in [1.165, 1.54) is 31.7 Å². The Morgan fingerprint density at radius 1 is 1.10 bits per heavy atom. The number of carbonyl (C=O) groups excluding carboxylic acids is 1. The van der Waals surface area contributed by atoms with Crippen molar-refractivity contribution in [3.63, 3.8) is 0 Å². The van der Waals surface area contributed by atoms with Crippen molar-refractivity contribution in [1.82, 2.24) is 10.4 Å². The predicted octanol–water partition coefficient (Wildman–Crippen LogP) is 3.13. The lowest BCUT2D eigenvalue weighted by atomic mass is 10.1. The van der Waals surface area contributed by atoms with Crippen molar-refractivity contribution >= 4 is 18.1 Å². The van der Waals surface area contributed by atoms with E-state index in [0.717, 1.165) is 5.56 Å². The Morgan fingerprint density at radius 2 is 1.90 bits per heavy atom. The zero-order chi connectivity index (χ0) is 21.3. The van der Waals surface area contributed by atoms with Gasteiger partial charge in [0.2, 0.25) is 0 Å². The van der Waals surface area contributed by atoms with Crippen molar-refractivity contribution in [2.45, 2.75) is 6.61 Å². The van der Waals surface area contributed by atoms with Gasteiger partial charge in [0.05, 0.1) is 18.9 Å². The van der Waals surface area contributed by atoms with E-state index >= 15 is 0 Å². The van der Waals surface area contributed by atoms with Crippen LogP contribution in [0.15, 0.2) is 72.0 Å². The molecule has 1 heterocycles. The average molecular weight is 405 g/mol. The van der Waals surface area contributed by atoms with E-state index in [4.69, 9.17) is 14.6 Å². The van der Waals surface area contributed by atoms with Crippen LogP contribution in [0.1, 0.15) is 32.0 Å². The standard InChI is InChI=1S/C22H19N3O5/c1-29-20-12-16(13-24-25-21(26)18-4-2-3-11-23-18)7-10-19(20)30-14-15-5-8-17(9-6-15)22(27)28/h2-13H,14H2,1H3,(H,25,26)(H,27,28)/b24-13-. The normalized spacial score (nSPS) is 10.6. The maximum Gasteiger partial charge on any atom is 0.335 e. The van der Waals surface area contributed by atoms with Gasteiger partial charge >= 0.3 is 5.97 Å². The highest BCUT2D eigenvalue weighted by molar-refractivity contribution is 5.93. The molecule has 0 unspecified atom stereocenters. The predicted molar refractivity (Wildman–Crippen MR) is 110 cm³/mol. The Morgan fingerprint density at radius 3 is 2.57 bits per heavy atom. The van der Waals surface area contributed by atoms with Crippen molar-refractivity contribution in [2.75, 3.05) is 7.11 Å². The van der Waals surface area contributed by atoms with Gasteiger partial charge < -0.3 is 14.6 Å². The highest BCUT2D eigenvalue weighted by atomic mass is 16.5. The molecule has 8 heteroatoms. The summed E-state index contributed by atoms with van der Waals surface area (Å²) in [5.41, 5.74) is 4.43. The maximum atomic E-state index is 11.9. The van der Waals surface area contributed by atoms with Crippen molar-refractivity contribution in [2.24, 2.45) is 5.10 Å². The Balaban J connectivity index is 1.61. The molecule has 8 nitrogen and oxygen atoms in total. The Labute approximate surface area is 172 Å². The lowest BCUT2D eigenvalue weighted by Gasteiger charge is -2.11. The molecule has 3 rings (SSSR count). The summed E-state index contributed by atoms with van der Waals surface area (Å²) in [6.07, 6.45) is 3.01. The molecule has 0 radical (unpaired) electrons. The quantitative estimate of drug-likeness (QED) is 0.440. The van der Waals surface area contributed by atoms with Gasteiger partial charge in [-0.25, -0.2) is 10.2 Å². The third-order valence-corrected chi connectivity index (χ3v) is 4.06. The number of carboxylic acids is 1. The van der Waals surface area contributed by atoms with Gasteiger partial charge in [-0.3, -0.25) is 9.78 Å². The van der Waals surface area contributed by atoms with E-state index in [1.807, 2.05) is 0 Å². The summed E-state index contributed by atoms with van der Waals surface area (Å²) in [7, 11) is 1.52. The number of rotatable bonds is 8. The molecule has 1 amide bonds. The van der Waals surface area contributed by atoms with Crippen LogP contribution in [0.3, 0.4) is 0 Å². The molecule has 0 spiro atoms. The number of benzene rings is 2. The van der Waals surface area contributed by atoms with E-state index in [0.29, 0.717) is 17.1 Å². The van der Waals surface area contributed by atoms with Gasteiger partial charge in [0.25, 0.3) is 5.91 Å². The van der Waals surface area contributed by atoms with Crippen molar-refractivity contribution in [1.29, 1.82) is 0 Å². The second-order valence-corrected chi connectivity index (χ2v) is 6.12. The van der Waals surface area contributed by atoms with Crippen molar-refractivity contribution in [3.05, 3.63) is 89.2 Å². The SMILES string of the molecule is COc1cc(/C=N\NC(=O)c2ccccn2)ccc1OCc1ccc(C(=O)O)cc1. The fourth-order valence-electron chi connectivity index (χ4n) is 2.51. The first-order valence-electron chi connectivity index (χ1n) is 8.94. The molecular weight excluding hydrogens is 386 g/mol. The van der Waals surface area contributed by atoms with Gasteiger partial charge in [-0.15, -0.1) is 0 Å². The van der Waals surface area contributed by atoms with Crippen LogP contribution in [0, 0.1) is 0 Å². The summed E-state index contributed by atoms with van der Waals surface area (Å²) < 4.78 is 11.1. The molecule has 152 valence electrons. The molecule has 1 aromatic heterocycles. The fourth-order valence-corrected chi connectivity index (χ4v) is 2.51. The van der Waals surface area contributed by atoms with Crippen molar-refractivity contribution in [3.8, 4) is 11.5 Å². The maximum absolute atomic E-state index is 11.9. The van der Waals surface area contributed by atoms with E-state index in [-0.39, 0.29) is 17.9 Å². The van der Waals surface area contributed by atoms with Crippen LogP contribution in [-0.2, 0) is 6.61 Å². The number of nitrogens with one attached hydrogen (secondary N) is 1. The Hall–Kier alpha value is -4.20. The Bertz CT molecular complexity index is 1050. The summed E-state index contributed by atoms with van der Waals surface area (Å²) in [6, 6.07) is 16.7. The van der Waals surface area contributed by atoms with Gasteiger partial charge in [0.1, 0.15) is 12.3 Å². The largest absolute Gasteiger partial charge is 0.493 e. The molecule has 2 aromatic carbocycles. The smallest absolute Gasteiger partial charge is 0.335 e. The lowest BCUT2D eigenvalue weighted by Crippen LogP contribution is -2.18. The molecular formula is C22H19N3O5. The molecule has 0 saturated heterocycles. The van der Waals surface area contributed by atoms with E-state index in [2.05, 4.69) is 15.5 Å². The van der Waals surface area contributed by atoms with Gasteiger partial charge in [-0.1, -0.05) is 18.2 Å². The molecule has 2 N–H and O–H groups in total. The van der Waals surface area contributed by atoms with E-state index in [1.54, 1.807) is 48.5 Å². The zero-order valence-corrected chi connectivity index (χ0v) is 16.1. The second kappa shape index (κ2) is 9.83. The summed E-state index contributed by atoms with van der Waals surface area (Å²) in [6.45, 7) is 0.254. The van der Waals surface area contributed by atoms with Gasteiger partial charge in [-0.05, 0) is 53.6 Å². The molecule has 30 heavy (non-hydrogen) atoms. The van der Waals surface area contributed by atoms with Gasteiger partial charge in [0.15, 0.2) is 11.5 Å². The van der Waals surface area contributed by atoms with Crippen LogP contribution in [-0.4, -0.2) is 35.3 Å². The number of carbonyl (C=O) groups is 2. The summed E-state index contributed by atoms with van der Waals surface area (Å²) in [4.78, 5) is 26.8. The van der Waals surface area contributed by atoms with Crippen LogP contribution >= 0.6 is 0 Å². The summed E-state index contributed by atoms with van der Waals surface area (Å²) >= 11 is 0.